The number of aliphatic hydroxyl groups is 1. The molecule has 108 valence electrons. The van der Waals surface area contributed by atoms with Gasteiger partial charge in [-0.3, -0.25) is 4.40 Å². The van der Waals surface area contributed by atoms with E-state index in [1.165, 1.54) is 0 Å². The molecule has 1 aromatic carbocycles. The standard InChI is InChI=1S/C16H14Cl2N2O/c1-2-13(21)16-15(10-3-5-11(17)6-4-10)19-14-8-7-12(18)9-20(14)16/h3-9,13,21H,2H2,1H3. The molecule has 0 saturated heterocycles. The average Bonchev–Trinajstić information content (AvgIpc) is 2.85. The first-order valence-electron chi connectivity index (χ1n) is 6.71. The summed E-state index contributed by atoms with van der Waals surface area (Å²) in [5.41, 5.74) is 3.18. The molecule has 0 fully saturated rings. The zero-order valence-electron chi connectivity index (χ0n) is 11.4. The number of rotatable bonds is 3. The fourth-order valence-electron chi connectivity index (χ4n) is 2.37. The maximum Gasteiger partial charge on any atom is 0.137 e. The lowest BCUT2D eigenvalue weighted by atomic mass is 10.1. The highest BCUT2D eigenvalue weighted by molar-refractivity contribution is 6.30. The summed E-state index contributed by atoms with van der Waals surface area (Å²) >= 11 is 12.0. The van der Waals surface area contributed by atoms with Crippen molar-refractivity contribution in [2.75, 3.05) is 0 Å². The Hall–Kier alpha value is -1.55. The Kier molecular flexibility index (Phi) is 3.89. The molecule has 2 heterocycles. The number of aromatic nitrogens is 2. The Morgan fingerprint density at radius 2 is 1.76 bits per heavy atom. The van der Waals surface area contributed by atoms with Gasteiger partial charge in [0.2, 0.25) is 0 Å². The number of halogens is 2. The van der Waals surface area contributed by atoms with Gasteiger partial charge in [0.25, 0.3) is 0 Å². The van der Waals surface area contributed by atoms with Crippen LogP contribution in [0.4, 0.5) is 0 Å². The molecule has 3 nitrogen and oxygen atoms in total. The number of nitrogens with zero attached hydrogens (tertiary/aromatic N) is 2. The molecule has 0 saturated carbocycles. The molecule has 0 radical (unpaired) electrons. The third-order valence-electron chi connectivity index (χ3n) is 3.44. The molecule has 21 heavy (non-hydrogen) atoms. The Morgan fingerprint density at radius 1 is 1.10 bits per heavy atom. The summed E-state index contributed by atoms with van der Waals surface area (Å²) in [7, 11) is 0. The van der Waals surface area contributed by atoms with Crippen LogP contribution in [0, 0.1) is 0 Å². The minimum absolute atomic E-state index is 0.598. The van der Waals surface area contributed by atoms with E-state index in [0.717, 1.165) is 22.6 Å². The summed E-state index contributed by atoms with van der Waals surface area (Å²) in [4.78, 5) is 4.62. The number of hydrogen-bond acceptors (Lipinski definition) is 2. The van der Waals surface area contributed by atoms with Crippen molar-refractivity contribution in [2.24, 2.45) is 0 Å². The minimum atomic E-state index is -0.607. The number of fused-ring (bicyclic) bond motifs is 1. The molecule has 3 aromatic rings. The van der Waals surface area contributed by atoms with Crippen molar-refractivity contribution in [3.63, 3.8) is 0 Å². The Morgan fingerprint density at radius 3 is 2.43 bits per heavy atom. The summed E-state index contributed by atoms with van der Waals surface area (Å²) in [5, 5.41) is 11.6. The zero-order chi connectivity index (χ0) is 15.0. The Balaban J connectivity index is 2.28. The largest absolute Gasteiger partial charge is 0.387 e. The van der Waals surface area contributed by atoms with Crippen LogP contribution in [0.25, 0.3) is 16.9 Å². The smallest absolute Gasteiger partial charge is 0.137 e. The summed E-state index contributed by atoms with van der Waals surface area (Å²) in [6.07, 6.45) is 1.77. The summed E-state index contributed by atoms with van der Waals surface area (Å²) in [5.74, 6) is 0. The van der Waals surface area contributed by atoms with Gasteiger partial charge in [0.1, 0.15) is 5.65 Å². The van der Waals surface area contributed by atoms with E-state index in [2.05, 4.69) is 4.98 Å². The van der Waals surface area contributed by atoms with Gasteiger partial charge in [-0.25, -0.2) is 4.98 Å². The van der Waals surface area contributed by atoms with E-state index in [4.69, 9.17) is 23.2 Å². The van der Waals surface area contributed by atoms with Gasteiger partial charge in [0, 0.05) is 16.8 Å². The molecule has 0 aliphatic rings. The van der Waals surface area contributed by atoms with Crippen LogP contribution in [0.5, 0.6) is 0 Å². The fourth-order valence-corrected chi connectivity index (χ4v) is 2.66. The highest BCUT2D eigenvalue weighted by atomic mass is 35.5. The van der Waals surface area contributed by atoms with Crippen LogP contribution in [0.1, 0.15) is 25.1 Å². The van der Waals surface area contributed by atoms with Crippen LogP contribution in [-0.2, 0) is 0 Å². The summed E-state index contributed by atoms with van der Waals surface area (Å²) in [6, 6.07) is 11.1. The van der Waals surface area contributed by atoms with E-state index in [9.17, 15) is 5.11 Å². The molecule has 0 aliphatic heterocycles. The summed E-state index contributed by atoms with van der Waals surface area (Å²) in [6.45, 7) is 1.93. The zero-order valence-corrected chi connectivity index (χ0v) is 12.9. The lowest BCUT2D eigenvalue weighted by Crippen LogP contribution is -2.02. The van der Waals surface area contributed by atoms with E-state index >= 15 is 0 Å². The van der Waals surface area contributed by atoms with Crippen molar-refractivity contribution in [3.05, 3.63) is 58.3 Å². The van der Waals surface area contributed by atoms with Crippen LogP contribution in [-0.4, -0.2) is 14.5 Å². The SMILES string of the molecule is CCC(O)c1c(-c2ccc(Cl)cc2)nc2ccc(Cl)cn12. The van der Waals surface area contributed by atoms with Gasteiger partial charge >= 0.3 is 0 Å². The van der Waals surface area contributed by atoms with Crippen molar-refractivity contribution in [2.45, 2.75) is 19.4 Å². The van der Waals surface area contributed by atoms with Crippen molar-refractivity contribution in [3.8, 4) is 11.3 Å². The number of aliphatic hydroxyl groups excluding tert-OH is 1. The average molecular weight is 321 g/mol. The van der Waals surface area contributed by atoms with Crippen molar-refractivity contribution in [1.29, 1.82) is 0 Å². The summed E-state index contributed by atoms with van der Waals surface area (Å²) < 4.78 is 1.85. The van der Waals surface area contributed by atoms with Crippen molar-refractivity contribution in [1.82, 2.24) is 9.38 Å². The monoisotopic (exact) mass is 320 g/mol. The van der Waals surface area contributed by atoms with E-state index in [1.54, 1.807) is 12.3 Å². The number of hydrogen-bond donors (Lipinski definition) is 1. The molecule has 0 amide bonds. The van der Waals surface area contributed by atoms with E-state index in [1.807, 2.05) is 41.7 Å². The molecule has 1 atom stereocenters. The first-order chi connectivity index (χ1) is 10.1. The van der Waals surface area contributed by atoms with Crippen molar-refractivity contribution >= 4 is 28.8 Å². The Bertz CT molecular complexity index is 781. The molecule has 0 bridgehead atoms. The number of imidazole rings is 1. The van der Waals surface area contributed by atoms with Crippen LogP contribution in [0.2, 0.25) is 10.0 Å². The van der Waals surface area contributed by atoms with E-state index in [0.29, 0.717) is 16.5 Å². The lowest BCUT2D eigenvalue weighted by Gasteiger charge is -2.11. The molecular formula is C16H14Cl2N2O. The molecular weight excluding hydrogens is 307 g/mol. The number of benzene rings is 1. The van der Waals surface area contributed by atoms with Crippen molar-refractivity contribution < 1.29 is 5.11 Å². The van der Waals surface area contributed by atoms with Crippen LogP contribution in [0.15, 0.2) is 42.6 Å². The first-order valence-corrected chi connectivity index (χ1v) is 7.47. The minimum Gasteiger partial charge on any atom is -0.387 e. The van der Waals surface area contributed by atoms with Gasteiger partial charge < -0.3 is 5.11 Å². The van der Waals surface area contributed by atoms with E-state index < -0.39 is 6.10 Å². The fraction of sp³-hybridized carbons (Fsp3) is 0.188. The Labute approximate surface area is 132 Å². The third-order valence-corrected chi connectivity index (χ3v) is 3.91. The predicted molar refractivity (Wildman–Crippen MR) is 85.9 cm³/mol. The lowest BCUT2D eigenvalue weighted by molar-refractivity contribution is 0.168. The number of pyridine rings is 1. The highest BCUT2D eigenvalue weighted by Gasteiger charge is 2.19. The second-order valence-corrected chi connectivity index (χ2v) is 5.72. The molecule has 3 rings (SSSR count). The van der Waals surface area contributed by atoms with Crippen LogP contribution < -0.4 is 0 Å². The molecule has 1 N–H and O–H groups in total. The van der Waals surface area contributed by atoms with Gasteiger partial charge in [-0.05, 0) is 30.7 Å². The second-order valence-electron chi connectivity index (χ2n) is 4.85. The molecule has 2 aromatic heterocycles. The highest BCUT2D eigenvalue weighted by Crippen LogP contribution is 2.31. The predicted octanol–water partition coefficient (Wildman–Crippen LogP) is 4.75. The van der Waals surface area contributed by atoms with Gasteiger partial charge in [-0.2, -0.15) is 0 Å². The first kappa shape index (κ1) is 14.4. The normalized spacial score (nSPS) is 12.8. The van der Waals surface area contributed by atoms with E-state index in [-0.39, 0.29) is 0 Å². The molecule has 0 aliphatic carbocycles. The maximum absolute atomic E-state index is 10.4. The van der Waals surface area contributed by atoms with Gasteiger partial charge in [0.05, 0.1) is 22.5 Å². The quantitative estimate of drug-likeness (QED) is 0.756. The van der Waals surface area contributed by atoms with Gasteiger partial charge in [0.15, 0.2) is 0 Å². The topological polar surface area (TPSA) is 37.5 Å². The molecule has 1 unspecified atom stereocenters. The van der Waals surface area contributed by atoms with Gasteiger partial charge in [-0.1, -0.05) is 42.3 Å². The van der Waals surface area contributed by atoms with Crippen LogP contribution in [0.3, 0.4) is 0 Å². The van der Waals surface area contributed by atoms with Gasteiger partial charge in [-0.15, -0.1) is 0 Å². The second kappa shape index (κ2) is 5.68. The molecule has 5 heteroatoms. The van der Waals surface area contributed by atoms with Crippen LogP contribution >= 0.6 is 23.2 Å². The maximum atomic E-state index is 10.4. The third kappa shape index (κ3) is 2.64. The molecule has 0 spiro atoms.